The molecule has 4 aromatic heterocycles. The minimum atomic E-state index is -1.15. The molecule has 7 aromatic rings. The maximum absolute atomic E-state index is 15.4. The van der Waals surface area contributed by atoms with Gasteiger partial charge < -0.3 is 23.9 Å². The van der Waals surface area contributed by atoms with Gasteiger partial charge in [-0.25, -0.2) is 4.79 Å². The molecule has 0 radical (unpaired) electrons. The molecule has 1 aliphatic rings. The number of carboxylic acid groups (broad SMARTS) is 1. The van der Waals surface area contributed by atoms with E-state index in [9.17, 15) is 9.90 Å². The van der Waals surface area contributed by atoms with Crippen molar-refractivity contribution in [1.82, 2.24) is 33.9 Å². The van der Waals surface area contributed by atoms with Crippen LogP contribution in [0, 0.1) is 27.7 Å². The molecule has 0 bridgehead atoms. The molecule has 56 heavy (non-hydrogen) atoms. The average Bonchev–Trinajstić information content (AvgIpc) is 3.88. The lowest BCUT2D eigenvalue weighted by Crippen LogP contribution is -2.43. The molecule has 12 nitrogen and oxygen atoms in total. The molecule has 1 aliphatic heterocycles. The number of hydrogen-bond acceptors (Lipinski definition) is 6. The van der Waals surface area contributed by atoms with Gasteiger partial charge in [-0.2, -0.15) is 20.1 Å². The number of para-hydroxylation sites is 1. The number of carbonyl (C=O) groups excluding carboxylic acids is 1. The van der Waals surface area contributed by atoms with E-state index in [2.05, 4.69) is 21.7 Å². The summed E-state index contributed by atoms with van der Waals surface area (Å²) in [6.07, 6.45) is 2.74. The zero-order valence-electron chi connectivity index (χ0n) is 32.3. The Balaban J connectivity index is 1.30. The number of hydrogen-bond donors (Lipinski definition) is 1. The number of fused-ring (bicyclic) bond motifs is 4. The summed E-state index contributed by atoms with van der Waals surface area (Å²) in [7, 11) is 3.62. The first kappa shape index (κ1) is 37.3. The van der Waals surface area contributed by atoms with Crippen LogP contribution < -0.4 is 9.64 Å². The summed E-state index contributed by atoms with van der Waals surface area (Å²) >= 11 is 13.5. The molecule has 0 unspecified atom stereocenters. The van der Waals surface area contributed by atoms with Crippen LogP contribution in [-0.2, 0) is 27.1 Å². The van der Waals surface area contributed by atoms with Crippen molar-refractivity contribution in [1.29, 1.82) is 0 Å². The highest BCUT2D eigenvalue weighted by Crippen LogP contribution is 2.46. The maximum Gasteiger partial charge on any atom is 0.354 e. The predicted molar refractivity (Wildman–Crippen MR) is 219 cm³/mol. The third-order valence-electron chi connectivity index (χ3n) is 10.9. The fourth-order valence-corrected chi connectivity index (χ4v) is 8.84. The molecule has 0 fully saturated rings. The molecule has 0 saturated carbocycles. The number of carbonyl (C=O) groups is 2. The second kappa shape index (κ2) is 14.2. The van der Waals surface area contributed by atoms with Gasteiger partial charge in [-0.15, -0.1) is 0 Å². The molecule has 8 rings (SSSR count). The standard InChI is InChI=1S/C42H42Cl2N8O4/c1-22-17-28(18-23(2)36(22)44)56-16-10-12-29-30-14-15-32(43)35(34-25(4)46-48(6)26(34)5)37(30)52-24(3)20-51(41(53)39(29)52)38-31-11-8-9-13-33(31)50(40(38)42(54)55)21-27-19-45-49(7)47-27/h8-9,11,13-15,17-19,24H,10,12,16,20-21H2,1-7H3,(H,54,55)/t24-/m1/s1. The number of aromatic nitrogens is 7. The number of benzene rings is 3. The van der Waals surface area contributed by atoms with Gasteiger partial charge in [0.05, 0.1) is 46.8 Å². The van der Waals surface area contributed by atoms with Crippen LogP contribution in [-0.4, -0.2) is 64.0 Å². The van der Waals surface area contributed by atoms with E-state index in [1.165, 1.54) is 4.80 Å². The molecule has 0 aliphatic carbocycles. The van der Waals surface area contributed by atoms with Crippen molar-refractivity contribution in [2.24, 2.45) is 14.1 Å². The monoisotopic (exact) mass is 792 g/mol. The molecule has 3 aromatic carbocycles. The van der Waals surface area contributed by atoms with Crippen LogP contribution in [0.2, 0.25) is 10.0 Å². The van der Waals surface area contributed by atoms with Crippen molar-refractivity contribution < 1.29 is 19.4 Å². The SMILES string of the molecule is Cc1cc(OCCCc2c3n(c4c(-c5c(C)nn(C)c5C)c(Cl)ccc24)[C@H](C)CN(c2c(C(=O)O)n(Cc4cnn(C)n4)c4ccccc24)C3=O)cc(C)c1Cl. The van der Waals surface area contributed by atoms with Crippen LogP contribution in [0.15, 0.2) is 54.7 Å². The number of amides is 1. The topological polar surface area (TPSA) is 125 Å². The van der Waals surface area contributed by atoms with E-state index in [0.29, 0.717) is 52.4 Å². The average molecular weight is 794 g/mol. The Morgan fingerprint density at radius 2 is 1.71 bits per heavy atom. The summed E-state index contributed by atoms with van der Waals surface area (Å²) in [6.45, 7) is 10.8. The predicted octanol–water partition coefficient (Wildman–Crippen LogP) is 8.64. The Hall–Kier alpha value is -5.59. The summed E-state index contributed by atoms with van der Waals surface area (Å²) in [6, 6.07) is 15.0. The summed E-state index contributed by atoms with van der Waals surface area (Å²) in [5.41, 5.74) is 9.27. The minimum absolute atomic E-state index is 0.0100. The Bertz CT molecular complexity index is 2720. The normalized spacial score (nSPS) is 14.3. The molecule has 1 amide bonds. The van der Waals surface area contributed by atoms with Gasteiger partial charge in [0, 0.05) is 59.3 Å². The highest BCUT2D eigenvalue weighted by atomic mass is 35.5. The van der Waals surface area contributed by atoms with Gasteiger partial charge in [0.25, 0.3) is 5.91 Å². The third-order valence-corrected chi connectivity index (χ3v) is 11.9. The number of rotatable bonds is 10. The summed E-state index contributed by atoms with van der Waals surface area (Å²) < 4.78 is 11.9. The van der Waals surface area contributed by atoms with Crippen LogP contribution in [0.1, 0.15) is 74.1 Å². The van der Waals surface area contributed by atoms with Crippen molar-refractivity contribution in [3.05, 3.63) is 110 Å². The van der Waals surface area contributed by atoms with E-state index in [0.717, 1.165) is 60.9 Å². The Morgan fingerprint density at radius 1 is 0.982 bits per heavy atom. The number of aryl methyl sites for hydroxylation is 6. The van der Waals surface area contributed by atoms with Crippen molar-refractivity contribution in [2.75, 3.05) is 18.1 Å². The van der Waals surface area contributed by atoms with E-state index in [1.807, 2.05) is 88.0 Å². The van der Waals surface area contributed by atoms with Crippen molar-refractivity contribution in [3.63, 3.8) is 0 Å². The van der Waals surface area contributed by atoms with Gasteiger partial charge in [-0.1, -0.05) is 47.5 Å². The fraction of sp³-hybridized carbons (Fsp3) is 0.310. The van der Waals surface area contributed by atoms with Gasteiger partial charge in [0.15, 0.2) is 5.69 Å². The lowest BCUT2D eigenvalue weighted by molar-refractivity contribution is 0.0687. The molecular weight excluding hydrogens is 751 g/mol. The van der Waals surface area contributed by atoms with Crippen molar-refractivity contribution in [3.8, 4) is 16.9 Å². The first-order valence-electron chi connectivity index (χ1n) is 18.5. The van der Waals surface area contributed by atoms with Crippen LogP contribution in [0.4, 0.5) is 5.69 Å². The Labute approximate surface area is 333 Å². The van der Waals surface area contributed by atoms with E-state index < -0.39 is 5.97 Å². The number of nitrogens with zero attached hydrogens (tertiary/aromatic N) is 8. The first-order valence-corrected chi connectivity index (χ1v) is 19.3. The Morgan fingerprint density at radius 3 is 2.38 bits per heavy atom. The summed E-state index contributed by atoms with van der Waals surface area (Å²) in [5.74, 6) is -0.696. The quantitative estimate of drug-likeness (QED) is 0.138. The molecule has 1 N–H and O–H groups in total. The van der Waals surface area contributed by atoms with E-state index in [-0.39, 0.29) is 30.7 Å². The zero-order chi connectivity index (χ0) is 39.7. The highest BCUT2D eigenvalue weighted by Gasteiger charge is 2.40. The molecule has 5 heterocycles. The third kappa shape index (κ3) is 6.02. The molecular formula is C42H42Cl2N8O4. The summed E-state index contributed by atoms with van der Waals surface area (Å²) in [4.78, 5) is 31.8. The molecule has 0 saturated heterocycles. The Kier molecular flexibility index (Phi) is 9.45. The summed E-state index contributed by atoms with van der Waals surface area (Å²) in [5, 5.41) is 27.0. The number of halogens is 2. The minimum Gasteiger partial charge on any atom is -0.494 e. The number of ether oxygens (including phenoxy) is 1. The second-order valence-corrected chi connectivity index (χ2v) is 15.5. The second-order valence-electron chi connectivity index (χ2n) is 14.7. The number of aromatic carboxylic acids is 1. The van der Waals surface area contributed by atoms with Crippen molar-refractivity contribution in [2.45, 2.75) is 60.0 Å². The van der Waals surface area contributed by atoms with Gasteiger partial charge in [-0.05, 0) is 88.4 Å². The maximum atomic E-state index is 15.4. The van der Waals surface area contributed by atoms with Crippen molar-refractivity contribution >= 4 is 62.6 Å². The molecule has 1 atom stereocenters. The van der Waals surface area contributed by atoms with Gasteiger partial charge >= 0.3 is 5.97 Å². The van der Waals surface area contributed by atoms with E-state index in [1.54, 1.807) is 22.7 Å². The van der Waals surface area contributed by atoms with Gasteiger partial charge in [-0.3, -0.25) is 9.48 Å². The van der Waals surface area contributed by atoms with Gasteiger partial charge in [0.2, 0.25) is 0 Å². The van der Waals surface area contributed by atoms with Crippen LogP contribution in [0.25, 0.3) is 32.9 Å². The lowest BCUT2D eigenvalue weighted by atomic mass is 9.98. The van der Waals surface area contributed by atoms with Crippen LogP contribution in [0.5, 0.6) is 5.75 Å². The highest BCUT2D eigenvalue weighted by molar-refractivity contribution is 6.35. The smallest absolute Gasteiger partial charge is 0.354 e. The van der Waals surface area contributed by atoms with Crippen LogP contribution >= 0.6 is 23.2 Å². The largest absolute Gasteiger partial charge is 0.494 e. The van der Waals surface area contributed by atoms with E-state index >= 15 is 4.79 Å². The zero-order valence-corrected chi connectivity index (χ0v) is 33.8. The van der Waals surface area contributed by atoms with Crippen LogP contribution in [0.3, 0.4) is 0 Å². The molecule has 14 heteroatoms. The number of anilines is 1. The first-order chi connectivity index (χ1) is 26.8. The van der Waals surface area contributed by atoms with Gasteiger partial charge in [0.1, 0.15) is 17.1 Å². The molecule has 0 spiro atoms. The van der Waals surface area contributed by atoms with E-state index in [4.69, 9.17) is 33.0 Å². The lowest BCUT2D eigenvalue weighted by Gasteiger charge is -2.34. The molecule has 288 valence electrons. The fourth-order valence-electron chi connectivity index (χ4n) is 8.48. The number of carboxylic acids is 1.